The molecule has 6 rings (SSSR count). The lowest BCUT2D eigenvalue weighted by Crippen LogP contribution is -2.31. The lowest BCUT2D eigenvalue weighted by Gasteiger charge is -2.24. The lowest BCUT2D eigenvalue weighted by atomic mass is 9.94. The van der Waals surface area contributed by atoms with Gasteiger partial charge in [-0.2, -0.15) is 0 Å². The van der Waals surface area contributed by atoms with Gasteiger partial charge in [-0.15, -0.1) is 0 Å². The van der Waals surface area contributed by atoms with Gasteiger partial charge in [0, 0.05) is 10.4 Å². The number of aryl methyl sites for hydroxylation is 3. The zero-order valence-electron chi connectivity index (χ0n) is 20.2. The van der Waals surface area contributed by atoms with E-state index in [9.17, 15) is 14.7 Å². The van der Waals surface area contributed by atoms with Crippen LogP contribution in [-0.4, -0.2) is 21.8 Å². The quantitative estimate of drug-likeness (QED) is 0.246. The minimum absolute atomic E-state index is 0.0154. The Morgan fingerprint density at radius 3 is 2.62 bits per heavy atom. The second-order valence-corrected chi connectivity index (χ2v) is 10.7. The highest BCUT2D eigenvalue weighted by molar-refractivity contribution is 7.22. The summed E-state index contributed by atoms with van der Waals surface area (Å²) in [5.41, 5.74) is 5.04. The van der Waals surface area contributed by atoms with E-state index in [1.165, 1.54) is 16.2 Å². The number of hydrogen-bond donors (Lipinski definition) is 1. The third-order valence-corrected chi connectivity index (χ3v) is 7.96. The fraction of sp³-hybridized carbons (Fsp3) is 0.138. The van der Waals surface area contributed by atoms with E-state index in [0.717, 1.165) is 26.9 Å². The van der Waals surface area contributed by atoms with Crippen LogP contribution in [-0.2, 0) is 4.79 Å². The highest BCUT2D eigenvalue weighted by atomic mass is 35.5. The van der Waals surface area contributed by atoms with Crippen LogP contribution in [0, 0.1) is 20.8 Å². The zero-order valence-corrected chi connectivity index (χ0v) is 21.8. The largest absolute Gasteiger partial charge is 0.503 e. The molecule has 0 bridgehead atoms. The Bertz CT molecular complexity index is 1760. The number of aliphatic hydroxyl groups excluding tert-OH is 1. The van der Waals surface area contributed by atoms with Crippen molar-refractivity contribution in [2.45, 2.75) is 26.8 Å². The molecule has 37 heavy (non-hydrogen) atoms. The topological polar surface area (TPSA) is 83.6 Å². The monoisotopic (exact) mass is 528 g/mol. The van der Waals surface area contributed by atoms with Crippen molar-refractivity contribution in [1.82, 2.24) is 4.98 Å². The van der Waals surface area contributed by atoms with Gasteiger partial charge >= 0.3 is 0 Å². The number of fused-ring (bicyclic) bond motifs is 2. The van der Waals surface area contributed by atoms with Gasteiger partial charge in [0.25, 0.3) is 5.91 Å². The van der Waals surface area contributed by atoms with Crippen molar-refractivity contribution >= 4 is 60.9 Å². The molecule has 0 fully saturated rings. The number of ketones is 1. The van der Waals surface area contributed by atoms with Gasteiger partial charge in [0.1, 0.15) is 5.58 Å². The molecule has 3 aromatic carbocycles. The molecule has 0 saturated carbocycles. The summed E-state index contributed by atoms with van der Waals surface area (Å²) in [5.74, 6) is -1.84. The van der Waals surface area contributed by atoms with Crippen LogP contribution >= 0.6 is 22.9 Å². The first-order valence-corrected chi connectivity index (χ1v) is 12.9. The minimum atomic E-state index is -0.876. The minimum Gasteiger partial charge on any atom is -0.503 e. The van der Waals surface area contributed by atoms with E-state index in [0.29, 0.717) is 26.7 Å². The number of aliphatic hydroxyl groups is 1. The molecule has 184 valence electrons. The number of rotatable bonds is 4. The van der Waals surface area contributed by atoms with Gasteiger partial charge in [-0.05, 0) is 73.9 Å². The summed E-state index contributed by atoms with van der Waals surface area (Å²) >= 11 is 7.45. The van der Waals surface area contributed by atoms with Crippen LogP contribution < -0.4 is 4.90 Å². The van der Waals surface area contributed by atoms with Crippen LogP contribution in [0.2, 0.25) is 5.02 Å². The summed E-state index contributed by atoms with van der Waals surface area (Å²) < 4.78 is 6.73. The number of carbonyl (C=O) groups is 2. The Labute approximate surface area is 221 Å². The molecule has 1 unspecified atom stereocenters. The van der Waals surface area contributed by atoms with E-state index in [-0.39, 0.29) is 11.3 Å². The van der Waals surface area contributed by atoms with Crippen molar-refractivity contribution in [3.63, 3.8) is 0 Å². The number of furan rings is 1. The van der Waals surface area contributed by atoms with Crippen LogP contribution in [0.5, 0.6) is 0 Å². The summed E-state index contributed by atoms with van der Waals surface area (Å²) in [5, 5.41) is 12.7. The second kappa shape index (κ2) is 8.57. The molecule has 1 N–H and O–H groups in total. The van der Waals surface area contributed by atoms with Crippen molar-refractivity contribution in [2.75, 3.05) is 4.90 Å². The van der Waals surface area contributed by atoms with Crippen molar-refractivity contribution in [3.8, 4) is 0 Å². The Hall–Kier alpha value is -3.94. The number of halogens is 1. The van der Waals surface area contributed by atoms with E-state index < -0.39 is 23.5 Å². The number of anilines is 1. The lowest BCUT2D eigenvalue weighted by molar-refractivity contribution is -0.117. The van der Waals surface area contributed by atoms with Gasteiger partial charge < -0.3 is 9.52 Å². The Kier molecular flexibility index (Phi) is 5.44. The Morgan fingerprint density at radius 2 is 1.84 bits per heavy atom. The standard InChI is InChI=1S/C29H21ClN2O4S/c1-14-5-4-6-17(9-14)25-24(26(33)22-13-18-12-19(30)7-8-21(18)36-22)27(34)28(35)32(25)29-31-20-10-15(2)16(3)11-23(20)37-29/h4-13,25,34H,1-3H3. The van der Waals surface area contributed by atoms with Crippen LogP contribution in [0.25, 0.3) is 21.2 Å². The van der Waals surface area contributed by atoms with E-state index in [1.807, 2.05) is 57.2 Å². The second-order valence-electron chi connectivity index (χ2n) is 9.28. The van der Waals surface area contributed by atoms with Crippen LogP contribution in [0.3, 0.4) is 0 Å². The average Bonchev–Trinajstić information content (AvgIpc) is 3.53. The highest BCUT2D eigenvalue weighted by Gasteiger charge is 2.46. The molecule has 8 heteroatoms. The molecule has 2 aromatic heterocycles. The number of amides is 1. The number of Topliss-reactive ketones (excluding diaryl/α,β-unsaturated/α-hetero) is 1. The van der Waals surface area contributed by atoms with Crippen molar-refractivity contribution in [1.29, 1.82) is 0 Å². The maximum atomic E-state index is 13.8. The van der Waals surface area contributed by atoms with Crippen molar-refractivity contribution in [3.05, 3.63) is 105 Å². The molecule has 1 aliphatic rings. The zero-order chi connectivity index (χ0) is 26.0. The maximum Gasteiger partial charge on any atom is 0.296 e. The smallest absolute Gasteiger partial charge is 0.296 e. The number of carbonyl (C=O) groups excluding carboxylic acids is 2. The molecule has 0 radical (unpaired) electrons. The predicted molar refractivity (Wildman–Crippen MR) is 146 cm³/mol. The predicted octanol–water partition coefficient (Wildman–Crippen LogP) is 7.40. The molecular formula is C29H21ClN2O4S. The number of nitrogens with zero attached hydrogens (tertiary/aromatic N) is 2. The van der Waals surface area contributed by atoms with Crippen LogP contribution in [0.15, 0.2) is 76.4 Å². The molecule has 1 aliphatic heterocycles. The molecular weight excluding hydrogens is 508 g/mol. The fourth-order valence-electron chi connectivity index (χ4n) is 4.72. The van der Waals surface area contributed by atoms with Crippen molar-refractivity contribution in [2.24, 2.45) is 0 Å². The molecule has 5 aromatic rings. The van der Waals surface area contributed by atoms with Gasteiger partial charge in [-0.3, -0.25) is 14.5 Å². The van der Waals surface area contributed by atoms with Gasteiger partial charge in [-0.25, -0.2) is 4.98 Å². The molecule has 1 amide bonds. The van der Waals surface area contributed by atoms with Crippen LogP contribution in [0.4, 0.5) is 5.13 Å². The van der Waals surface area contributed by atoms with E-state index >= 15 is 0 Å². The first-order chi connectivity index (χ1) is 17.7. The van der Waals surface area contributed by atoms with Gasteiger partial charge in [0.05, 0.1) is 21.8 Å². The number of benzene rings is 3. The van der Waals surface area contributed by atoms with E-state index in [4.69, 9.17) is 21.0 Å². The molecule has 6 nitrogen and oxygen atoms in total. The summed E-state index contributed by atoms with van der Waals surface area (Å²) in [4.78, 5) is 33.5. The normalized spacial score (nSPS) is 15.9. The highest BCUT2D eigenvalue weighted by Crippen LogP contribution is 2.45. The molecule has 1 atom stereocenters. The first kappa shape index (κ1) is 23.5. The molecule has 3 heterocycles. The number of thiazole rings is 1. The number of aromatic nitrogens is 1. The average molecular weight is 529 g/mol. The summed E-state index contributed by atoms with van der Waals surface area (Å²) in [6.45, 7) is 5.96. The third-order valence-electron chi connectivity index (χ3n) is 6.71. The third kappa shape index (κ3) is 3.82. The van der Waals surface area contributed by atoms with Crippen LogP contribution in [0.1, 0.15) is 38.9 Å². The van der Waals surface area contributed by atoms with E-state index in [2.05, 4.69) is 0 Å². The van der Waals surface area contributed by atoms with Gasteiger partial charge in [-0.1, -0.05) is 52.8 Å². The van der Waals surface area contributed by atoms with Crippen molar-refractivity contribution < 1.29 is 19.1 Å². The summed E-state index contributed by atoms with van der Waals surface area (Å²) in [6.07, 6.45) is 0. The molecule has 0 aliphatic carbocycles. The Morgan fingerprint density at radius 1 is 1.05 bits per heavy atom. The maximum absolute atomic E-state index is 13.8. The van der Waals surface area contributed by atoms with Gasteiger partial charge in [0.15, 0.2) is 16.7 Å². The summed E-state index contributed by atoms with van der Waals surface area (Å²) in [7, 11) is 0. The van der Waals surface area contributed by atoms with Gasteiger partial charge in [0.2, 0.25) is 5.78 Å². The number of hydrogen-bond acceptors (Lipinski definition) is 6. The van der Waals surface area contributed by atoms with E-state index in [1.54, 1.807) is 24.3 Å². The molecule has 0 spiro atoms. The fourth-order valence-corrected chi connectivity index (χ4v) is 5.97. The Balaban J connectivity index is 1.52. The summed E-state index contributed by atoms with van der Waals surface area (Å²) in [6, 6.07) is 17.3. The molecule has 0 saturated heterocycles. The first-order valence-electron chi connectivity index (χ1n) is 11.7. The SMILES string of the molecule is Cc1cccc(C2C(C(=O)c3cc4cc(Cl)ccc4o3)=C(O)C(=O)N2c2nc3cc(C)c(C)cc3s2)c1.